The highest BCUT2D eigenvalue weighted by Crippen LogP contribution is 2.64. The molecule has 4 aliphatic rings. The third-order valence-corrected chi connectivity index (χ3v) is 6.91. The molecule has 5 rings (SSSR count). The van der Waals surface area contributed by atoms with Gasteiger partial charge in [0.15, 0.2) is 12.4 Å². The molecule has 158 valence electrons. The summed E-state index contributed by atoms with van der Waals surface area (Å²) in [7, 11) is 0. The molecule has 4 fully saturated rings. The molecular weight excluding hydrogens is 432 g/mol. The van der Waals surface area contributed by atoms with Crippen LogP contribution in [0, 0.1) is 17.3 Å². The molecule has 2 unspecified atom stereocenters. The van der Waals surface area contributed by atoms with Crippen molar-refractivity contribution >= 4 is 40.9 Å². The summed E-state index contributed by atoms with van der Waals surface area (Å²) < 4.78 is 43.2. The average molecular weight is 451 g/mol. The summed E-state index contributed by atoms with van der Waals surface area (Å²) in [6.45, 7) is -0.565. The van der Waals surface area contributed by atoms with E-state index in [1.54, 1.807) is 0 Å². The van der Waals surface area contributed by atoms with Crippen LogP contribution in [0.2, 0.25) is 5.02 Å². The van der Waals surface area contributed by atoms with Gasteiger partial charge >= 0.3 is 12.1 Å². The SMILES string of the molecule is O=C(COC(=O)C12C[C@@H]3C[C@@H](CC(Cl)(C3)C1)C2)Nc1ncc(C(F)(F)F)cc1Cl. The molecular formula is C19H19Cl2F3N2O3. The van der Waals surface area contributed by atoms with Crippen LogP contribution in [0.15, 0.2) is 12.3 Å². The number of hydrogen-bond acceptors (Lipinski definition) is 4. The smallest absolute Gasteiger partial charge is 0.417 e. The number of pyridine rings is 1. The van der Waals surface area contributed by atoms with Gasteiger partial charge in [0.25, 0.3) is 5.91 Å². The standard InChI is InChI=1S/C19H19Cl2F3N2O3/c20-13-2-12(19(22,23)24)7-25-15(13)26-14(27)8-29-16(28)17-3-10-1-11(4-17)6-18(21,5-10)9-17/h2,7,10-11H,1,3-6,8-9H2,(H,25,26,27)/t10-,11+,17?,18?. The lowest BCUT2D eigenvalue weighted by Gasteiger charge is -2.58. The van der Waals surface area contributed by atoms with Crippen molar-refractivity contribution in [1.29, 1.82) is 0 Å². The molecule has 1 aromatic heterocycles. The highest BCUT2D eigenvalue weighted by Gasteiger charge is 2.60. The number of nitrogens with zero attached hydrogens (tertiary/aromatic N) is 1. The molecule has 4 atom stereocenters. The summed E-state index contributed by atoms with van der Waals surface area (Å²) >= 11 is 12.5. The second-order valence-electron chi connectivity index (χ2n) is 8.57. The van der Waals surface area contributed by atoms with Crippen molar-refractivity contribution in [1.82, 2.24) is 4.98 Å². The fourth-order valence-electron chi connectivity index (χ4n) is 5.53. The third-order valence-electron chi connectivity index (χ3n) is 6.18. The number of carbonyl (C=O) groups excluding carboxylic acids is 2. The van der Waals surface area contributed by atoms with Gasteiger partial charge in [0.2, 0.25) is 0 Å². The summed E-state index contributed by atoms with van der Waals surface area (Å²) in [5.41, 5.74) is -1.67. The van der Waals surface area contributed by atoms with E-state index in [-0.39, 0.29) is 15.7 Å². The van der Waals surface area contributed by atoms with E-state index in [1.165, 1.54) is 0 Å². The lowest BCUT2D eigenvalue weighted by molar-refractivity contribution is -0.171. The van der Waals surface area contributed by atoms with Crippen molar-refractivity contribution in [3.8, 4) is 0 Å². The second kappa shape index (κ2) is 7.01. The van der Waals surface area contributed by atoms with Crippen LogP contribution in [-0.4, -0.2) is 28.3 Å². The van der Waals surface area contributed by atoms with Crippen molar-refractivity contribution < 1.29 is 27.5 Å². The molecule has 4 bridgehead atoms. The van der Waals surface area contributed by atoms with E-state index in [9.17, 15) is 22.8 Å². The van der Waals surface area contributed by atoms with Gasteiger partial charge in [-0.15, -0.1) is 11.6 Å². The summed E-state index contributed by atoms with van der Waals surface area (Å²) in [5.74, 6) is -0.568. The number of aromatic nitrogens is 1. The normalized spacial score (nSPS) is 32.9. The molecule has 4 aliphatic carbocycles. The number of amides is 1. The lowest BCUT2D eigenvalue weighted by Crippen LogP contribution is -2.56. The Labute approximate surface area is 175 Å². The quantitative estimate of drug-likeness (QED) is 0.527. The molecule has 0 saturated heterocycles. The molecule has 29 heavy (non-hydrogen) atoms. The minimum Gasteiger partial charge on any atom is -0.455 e. The first kappa shape index (κ1) is 20.7. The summed E-state index contributed by atoms with van der Waals surface area (Å²) in [6, 6.07) is 0.672. The Kier molecular flexibility index (Phi) is 5.01. The van der Waals surface area contributed by atoms with Gasteiger partial charge in [-0.3, -0.25) is 9.59 Å². The van der Waals surface area contributed by atoms with E-state index in [0.717, 1.165) is 32.1 Å². The molecule has 1 aromatic rings. The van der Waals surface area contributed by atoms with Crippen LogP contribution in [0.1, 0.15) is 44.1 Å². The predicted molar refractivity (Wildman–Crippen MR) is 99.5 cm³/mol. The fraction of sp³-hybridized carbons (Fsp3) is 0.632. The minimum atomic E-state index is -4.59. The number of hydrogen-bond donors (Lipinski definition) is 1. The van der Waals surface area contributed by atoms with Gasteiger partial charge in [0, 0.05) is 11.1 Å². The maximum Gasteiger partial charge on any atom is 0.417 e. The van der Waals surface area contributed by atoms with Crippen LogP contribution in [0.4, 0.5) is 19.0 Å². The summed E-state index contributed by atoms with van der Waals surface area (Å²) in [4.78, 5) is 28.1. The zero-order valence-corrected chi connectivity index (χ0v) is 16.8. The van der Waals surface area contributed by atoms with Crippen molar-refractivity contribution in [3.63, 3.8) is 0 Å². The van der Waals surface area contributed by atoms with Gasteiger partial charge in [-0.1, -0.05) is 11.6 Å². The third kappa shape index (κ3) is 4.06. The molecule has 10 heteroatoms. The van der Waals surface area contributed by atoms with E-state index >= 15 is 0 Å². The number of nitrogens with one attached hydrogen (secondary N) is 1. The van der Waals surface area contributed by atoms with Crippen LogP contribution in [0.3, 0.4) is 0 Å². The Hall–Kier alpha value is -1.54. The van der Waals surface area contributed by atoms with Crippen molar-refractivity contribution in [2.75, 3.05) is 11.9 Å². The van der Waals surface area contributed by atoms with Gasteiger partial charge in [-0.2, -0.15) is 13.2 Å². The van der Waals surface area contributed by atoms with Crippen LogP contribution >= 0.6 is 23.2 Å². The van der Waals surface area contributed by atoms with Gasteiger partial charge in [0.05, 0.1) is 16.0 Å². The second-order valence-corrected chi connectivity index (χ2v) is 9.78. The highest BCUT2D eigenvalue weighted by molar-refractivity contribution is 6.33. The Bertz CT molecular complexity index is 848. The molecule has 4 saturated carbocycles. The van der Waals surface area contributed by atoms with Crippen molar-refractivity contribution in [2.45, 2.75) is 49.6 Å². The zero-order valence-electron chi connectivity index (χ0n) is 15.3. The molecule has 1 amide bonds. The Morgan fingerprint density at radius 1 is 1.24 bits per heavy atom. The van der Waals surface area contributed by atoms with Crippen LogP contribution in [0.25, 0.3) is 0 Å². The maximum absolute atomic E-state index is 12.8. The topological polar surface area (TPSA) is 68.3 Å². The molecule has 5 nitrogen and oxygen atoms in total. The van der Waals surface area contributed by atoms with Crippen molar-refractivity contribution in [2.24, 2.45) is 17.3 Å². The Morgan fingerprint density at radius 2 is 1.90 bits per heavy atom. The number of rotatable bonds is 4. The van der Waals surface area contributed by atoms with Gasteiger partial charge < -0.3 is 10.1 Å². The minimum absolute atomic E-state index is 0.227. The Balaban J connectivity index is 1.36. The first-order valence-electron chi connectivity index (χ1n) is 9.37. The average Bonchev–Trinajstić information content (AvgIpc) is 2.58. The van der Waals surface area contributed by atoms with Crippen LogP contribution in [0.5, 0.6) is 0 Å². The number of carbonyl (C=O) groups is 2. The Morgan fingerprint density at radius 3 is 2.45 bits per heavy atom. The fourth-order valence-corrected chi connectivity index (χ4v) is 6.43. The van der Waals surface area contributed by atoms with Gasteiger partial charge in [-0.25, -0.2) is 4.98 Å². The van der Waals surface area contributed by atoms with E-state index < -0.39 is 35.6 Å². The lowest BCUT2D eigenvalue weighted by atomic mass is 9.49. The molecule has 0 spiro atoms. The van der Waals surface area contributed by atoms with E-state index in [4.69, 9.17) is 27.9 Å². The maximum atomic E-state index is 12.8. The zero-order chi connectivity index (χ0) is 21.0. The summed E-state index contributed by atoms with van der Waals surface area (Å²) in [5, 5.41) is 1.92. The number of anilines is 1. The van der Waals surface area contributed by atoms with E-state index in [0.29, 0.717) is 30.5 Å². The number of halogens is 5. The van der Waals surface area contributed by atoms with E-state index in [1.807, 2.05) is 0 Å². The monoisotopic (exact) mass is 450 g/mol. The molecule has 1 heterocycles. The molecule has 0 aromatic carbocycles. The van der Waals surface area contributed by atoms with Crippen molar-refractivity contribution in [3.05, 3.63) is 22.8 Å². The first-order chi connectivity index (χ1) is 13.5. The predicted octanol–water partition coefficient (Wildman–Crippen LogP) is 4.81. The molecule has 0 aliphatic heterocycles. The number of ether oxygens (including phenoxy) is 1. The molecule has 1 N–H and O–H groups in total. The highest BCUT2D eigenvalue weighted by atomic mass is 35.5. The first-order valence-corrected chi connectivity index (χ1v) is 10.1. The molecule has 0 radical (unpaired) electrons. The van der Waals surface area contributed by atoms with Gasteiger partial charge in [-0.05, 0) is 56.4 Å². The largest absolute Gasteiger partial charge is 0.455 e. The number of alkyl halides is 4. The summed E-state index contributed by atoms with van der Waals surface area (Å²) in [6.07, 6.45) is 0.908. The van der Waals surface area contributed by atoms with Crippen LogP contribution < -0.4 is 5.32 Å². The number of esters is 1. The van der Waals surface area contributed by atoms with Gasteiger partial charge in [0.1, 0.15) is 0 Å². The van der Waals surface area contributed by atoms with E-state index in [2.05, 4.69) is 10.3 Å². The van der Waals surface area contributed by atoms with Crippen LogP contribution in [-0.2, 0) is 20.5 Å².